The molecule has 0 unspecified atom stereocenters. The molecule has 2 atom stereocenters. The van der Waals surface area contributed by atoms with Crippen molar-refractivity contribution in [2.24, 2.45) is 12.8 Å². The molecule has 0 bridgehead atoms. The molecule has 88 valence electrons. The fourth-order valence-electron chi connectivity index (χ4n) is 2.37. The van der Waals surface area contributed by atoms with Gasteiger partial charge in [0.05, 0.1) is 0 Å². The van der Waals surface area contributed by atoms with Gasteiger partial charge in [-0.2, -0.15) is 0 Å². The average Bonchev–Trinajstić information content (AvgIpc) is 2.69. The Morgan fingerprint density at radius 2 is 2.25 bits per heavy atom. The van der Waals surface area contributed by atoms with Crippen LogP contribution in [0.5, 0.6) is 0 Å². The molecular weight excluding hydrogens is 204 g/mol. The number of hydrogen-bond donors (Lipinski definition) is 1. The number of nitrogens with two attached hydrogens (primary N) is 1. The van der Waals surface area contributed by atoms with E-state index in [4.69, 9.17) is 5.73 Å². The van der Waals surface area contributed by atoms with Crippen LogP contribution in [0.1, 0.15) is 32.1 Å². The van der Waals surface area contributed by atoms with Crippen molar-refractivity contribution < 1.29 is 4.79 Å². The van der Waals surface area contributed by atoms with Crippen molar-refractivity contribution in [1.82, 2.24) is 14.5 Å². The van der Waals surface area contributed by atoms with E-state index >= 15 is 0 Å². The smallest absolute Gasteiger partial charge is 0.225 e. The normalized spacial score (nSPS) is 25.8. The first-order chi connectivity index (χ1) is 7.52. The maximum absolute atomic E-state index is 11.9. The molecule has 5 heteroatoms. The van der Waals surface area contributed by atoms with Crippen molar-refractivity contribution in [2.45, 2.75) is 38.4 Å². The molecule has 2 rings (SSSR count). The topological polar surface area (TPSA) is 64.2 Å². The number of aryl methyl sites for hydroxylation is 1. The highest BCUT2D eigenvalue weighted by Crippen LogP contribution is 2.32. The third-order valence-corrected chi connectivity index (χ3v) is 3.08. The van der Waals surface area contributed by atoms with Crippen LogP contribution in [-0.2, 0) is 11.8 Å². The van der Waals surface area contributed by atoms with E-state index in [2.05, 4.69) is 4.98 Å². The van der Waals surface area contributed by atoms with Gasteiger partial charge < -0.3 is 15.2 Å². The van der Waals surface area contributed by atoms with Crippen LogP contribution in [0.25, 0.3) is 0 Å². The van der Waals surface area contributed by atoms with Crippen LogP contribution in [0.4, 0.5) is 0 Å². The summed E-state index contributed by atoms with van der Waals surface area (Å²) in [5.41, 5.74) is 6.04. The quantitative estimate of drug-likeness (QED) is 0.789. The van der Waals surface area contributed by atoms with Crippen LogP contribution in [-0.4, -0.2) is 32.4 Å². The highest BCUT2D eigenvalue weighted by atomic mass is 16.2. The number of nitrogens with zero attached hydrogens (tertiary/aromatic N) is 3. The van der Waals surface area contributed by atoms with E-state index in [9.17, 15) is 4.79 Å². The van der Waals surface area contributed by atoms with E-state index in [0.29, 0.717) is 6.42 Å². The monoisotopic (exact) mass is 222 g/mol. The Kier molecular flexibility index (Phi) is 2.71. The Morgan fingerprint density at radius 1 is 1.56 bits per heavy atom. The lowest BCUT2D eigenvalue weighted by molar-refractivity contribution is -0.130. The Bertz CT molecular complexity index is 398. The first-order valence-electron chi connectivity index (χ1n) is 5.56. The minimum Gasteiger partial charge on any atom is -0.336 e. The Hall–Kier alpha value is -1.36. The van der Waals surface area contributed by atoms with Gasteiger partial charge in [-0.05, 0) is 13.8 Å². The van der Waals surface area contributed by atoms with E-state index < -0.39 is 0 Å². The van der Waals surface area contributed by atoms with Gasteiger partial charge in [0.15, 0.2) is 0 Å². The van der Waals surface area contributed by atoms with Crippen molar-refractivity contribution in [2.75, 3.05) is 0 Å². The van der Waals surface area contributed by atoms with Gasteiger partial charge in [-0.3, -0.25) is 4.79 Å². The number of carbonyl (C=O) groups is 1. The molecule has 1 amide bonds. The van der Waals surface area contributed by atoms with Crippen molar-refractivity contribution >= 4 is 5.91 Å². The number of amides is 1. The Balaban J connectivity index is 2.38. The van der Waals surface area contributed by atoms with Crippen molar-refractivity contribution in [1.29, 1.82) is 0 Å². The second-order valence-electron chi connectivity index (χ2n) is 4.60. The number of carbonyl (C=O) groups excluding carboxylic acids is 1. The Labute approximate surface area is 95.2 Å². The van der Waals surface area contributed by atoms with E-state index in [0.717, 1.165) is 5.82 Å². The fourth-order valence-corrected chi connectivity index (χ4v) is 2.37. The lowest BCUT2D eigenvalue weighted by Crippen LogP contribution is -2.38. The van der Waals surface area contributed by atoms with Gasteiger partial charge in [0, 0.05) is 37.9 Å². The summed E-state index contributed by atoms with van der Waals surface area (Å²) in [6.45, 7) is 4.01. The summed E-state index contributed by atoms with van der Waals surface area (Å²) in [5.74, 6) is 0.988. The van der Waals surface area contributed by atoms with Gasteiger partial charge in [0.1, 0.15) is 11.9 Å². The number of aromatic nitrogens is 2. The van der Waals surface area contributed by atoms with Crippen LogP contribution in [0.15, 0.2) is 12.4 Å². The molecule has 0 aliphatic carbocycles. The summed E-state index contributed by atoms with van der Waals surface area (Å²) in [7, 11) is 1.93. The predicted octanol–water partition coefficient (Wildman–Crippen LogP) is 0.429. The second kappa shape index (κ2) is 3.90. The molecule has 1 aromatic rings. The summed E-state index contributed by atoms with van der Waals surface area (Å²) in [6.07, 6.45) is 4.03. The summed E-state index contributed by atoms with van der Waals surface area (Å²) >= 11 is 0. The molecule has 1 saturated heterocycles. The number of hydrogen-bond acceptors (Lipinski definition) is 3. The van der Waals surface area contributed by atoms with Crippen molar-refractivity contribution in [3.8, 4) is 0 Å². The fraction of sp³-hybridized carbons (Fsp3) is 0.636. The average molecular weight is 222 g/mol. The van der Waals surface area contributed by atoms with Crippen LogP contribution in [0, 0.1) is 0 Å². The maximum atomic E-state index is 11.9. The van der Waals surface area contributed by atoms with E-state index in [-0.39, 0.29) is 24.0 Å². The summed E-state index contributed by atoms with van der Waals surface area (Å²) < 4.78 is 1.93. The van der Waals surface area contributed by atoms with Gasteiger partial charge in [0.25, 0.3) is 0 Å². The van der Waals surface area contributed by atoms with Crippen LogP contribution >= 0.6 is 0 Å². The molecule has 0 aromatic carbocycles. The summed E-state index contributed by atoms with van der Waals surface area (Å²) in [6, 6.07) is -0.0914. The molecule has 1 aromatic heterocycles. The van der Waals surface area contributed by atoms with Crippen LogP contribution < -0.4 is 5.73 Å². The predicted molar refractivity (Wildman–Crippen MR) is 60.5 cm³/mol. The zero-order chi connectivity index (χ0) is 11.9. The molecule has 0 saturated carbocycles. The second-order valence-corrected chi connectivity index (χ2v) is 4.60. The standard InChI is InChI=1S/C11H18N4O/c1-7(2)15-9(16)6-8(12)10(15)11-13-4-5-14(11)3/h4-5,7-8,10H,6,12H2,1-3H3/t8-,10-/m0/s1. The lowest BCUT2D eigenvalue weighted by Gasteiger charge is -2.29. The zero-order valence-electron chi connectivity index (χ0n) is 9.92. The van der Waals surface area contributed by atoms with E-state index in [1.807, 2.05) is 36.6 Å². The zero-order valence-corrected chi connectivity index (χ0v) is 9.92. The van der Waals surface area contributed by atoms with Crippen molar-refractivity contribution in [3.63, 3.8) is 0 Å². The Morgan fingerprint density at radius 3 is 2.75 bits per heavy atom. The summed E-state index contributed by atoms with van der Waals surface area (Å²) in [5, 5.41) is 0. The van der Waals surface area contributed by atoms with Gasteiger partial charge >= 0.3 is 0 Å². The minimum atomic E-state index is -0.156. The molecule has 1 aliphatic heterocycles. The largest absolute Gasteiger partial charge is 0.336 e. The highest BCUT2D eigenvalue weighted by molar-refractivity contribution is 5.80. The molecular formula is C11H18N4O. The molecule has 1 aliphatic rings. The lowest BCUT2D eigenvalue weighted by atomic mass is 10.1. The molecule has 5 nitrogen and oxygen atoms in total. The molecule has 0 spiro atoms. The van der Waals surface area contributed by atoms with Crippen LogP contribution in [0.2, 0.25) is 0 Å². The number of imidazole rings is 1. The minimum absolute atomic E-state index is 0.0903. The van der Waals surface area contributed by atoms with Gasteiger partial charge in [-0.25, -0.2) is 4.98 Å². The van der Waals surface area contributed by atoms with Crippen molar-refractivity contribution in [3.05, 3.63) is 18.2 Å². The molecule has 1 fully saturated rings. The molecule has 2 N–H and O–H groups in total. The van der Waals surface area contributed by atoms with Gasteiger partial charge in [-0.15, -0.1) is 0 Å². The number of likely N-dealkylation sites (tertiary alicyclic amines) is 1. The first-order valence-corrected chi connectivity index (χ1v) is 5.56. The molecule has 0 radical (unpaired) electrons. The third-order valence-electron chi connectivity index (χ3n) is 3.08. The molecule has 2 heterocycles. The molecule has 16 heavy (non-hydrogen) atoms. The maximum Gasteiger partial charge on any atom is 0.225 e. The van der Waals surface area contributed by atoms with Gasteiger partial charge in [-0.1, -0.05) is 0 Å². The first kappa shape index (κ1) is 11.1. The number of rotatable bonds is 2. The van der Waals surface area contributed by atoms with E-state index in [1.54, 1.807) is 6.20 Å². The van der Waals surface area contributed by atoms with E-state index in [1.165, 1.54) is 0 Å². The van der Waals surface area contributed by atoms with Gasteiger partial charge in [0.2, 0.25) is 5.91 Å². The highest BCUT2D eigenvalue weighted by Gasteiger charge is 2.41. The third kappa shape index (κ3) is 1.61. The van der Waals surface area contributed by atoms with Crippen LogP contribution in [0.3, 0.4) is 0 Å². The summed E-state index contributed by atoms with van der Waals surface area (Å²) in [4.78, 5) is 18.0. The SMILES string of the molecule is CC(C)N1C(=O)C[C@H](N)[C@H]1c1nccn1C.